The van der Waals surface area contributed by atoms with Gasteiger partial charge in [-0.25, -0.2) is 0 Å². The third-order valence-electron chi connectivity index (χ3n) is 5.18. The van der Waals surface area contributed by atoms with Crippen LogP contribution in [-0.4, -0.2) is 35.6 Å². The first kappa shape index (κ1) is 14.8. The van der Waals surface area contributed by atoms with Gasteiger partial charge in [0, 0.05) is 6.54 Å². The summed E-state index contributed by atoms with van der Waals surface area (Å²) in [5.41, 5.74) is -0.426. The number of carbonyl (C=O) groups is 1. The summed E-state index contributed by atoms with van der Waals surface area (Å²) in [6, 6.07) is 0. The monoisotopic (exact) mass is 267 g/mol. The lowest BCUT2D eigenvalue weighted by molar-refractivity contribution is -0.149. The van der Waals surface area contributed by atoms with Crippen LogP contribution in [0.3, 0.4) is 0 Å². The third-order valence-corrected chi connectivity index (χ3v) is 5.18. The van der Waals surface area contributed by atoms with Crippen LogP contribution in [0.25, 0.3) is 0 Å². The van der Waals surface area contributed by atoms with Gasteiger partial charge in [-0.3, -0.25) is 4.79 Å². The Hall–Kier alpha value is -0.570. The van der Waals surface area contributed by atoms with Crippen molar-refractivity contribution in [3.8, 4) is 0 Å². The molecule has 2 aliphatic rings. The standard InChI is InChI=1S/C16H29NO2/c1-2-6-14-7-5-11-17(12-8-14)13-16(15(18)19)9-3-4-10-16/h14H,2-13H2,1H3,(H,18,19). The molecule has 1 aliphatic heterocycles. The fourth-order valence-corrected chi connectivity index (χ4v) is 4.00. The Kier molecular flexibility index (Phi) is 5.26. The number of aliphatic carboxylic acids is 1. The predicted octanol–water partition coefficient (Wildman–Crippen LogP) is 3.53. The molecule has 1 aliphatic carbocycles. The molecular formula is C16H29NO2. The fourth-order valence-electron chi connectivity index (χ4n) is 4.00. The molecule has 3 nitrogen and oxygen atoms in total. The molecule has 19 heavy (non-hydrogen) atoms. The van der Waals surface area contributed by atoms with Crippen LogP contribution in [0.4, 0.5) is 0 Å². The van der Waals surface area contributed by atoms with Crippen LogP contribution in [0.1, 0.15) is 64.7 Å². The normalized spacial score (nSPS) is 28.2. The van der Waals surface area contributed by atoms with E-state index in [1.54, 1.807) is 0 Å². The van der Waals surface area contributed by atoms with E-state index < -0.39 is 11.4 Å². The van der Waals surface area contributed by atoms with Gasteiger partial charge in [-0.2, -0.15) is 0 Å². The highest BCUT2D eigenvalue weighted by Gasteiger charge is 2.42. The molecule has 2 rings (SSSR count). The van der Waals surface area contributed by atoms with Gasteiger partial charge in [-0.15, -0.1) is 0 Å². The summed E-state index contributed by atoms with van der Waals surface area (Å²) in [7, 11) is 0. The summed E-state index contributed by atoms with van der Waals surface area (Å²) in [6.45, 7) is 5.27. The van der Waals surface area contributed by atoms with Crippen molar-refractivity contribution in [1.29, 1.82) is 0 Å². The smallest absolute Gasteiger partial charge is 0.310 e. The first-order valence-corrected chi connectivity index (χ1v) is 8.12. The Bertz CT molecular complexity index is 297. The number of rotatable bonds is 5. The Morgan fingerprint density at radius 2 is 1.95 bits per heavy atom. The van der Waals surface area contributed by atoms with E-state index in [1.165, 1.54) is 32.1 Å². The molecule has 1 unspecified atom stereocenters. The maximum Gasteiger partial charge on any atom is 0.310 e. The Labute approximate surface area is 117 Å². The highest BCUT2D eigenvalue weighted by Crippen LogP contribution is 2.39. The van der Waals surface area contributed by atoms with Gasteiger partial charge in [-0.1, -0.05) is 32.6 Å². The van der Waals surface area contributed by atoms with Crippen molar-refractivity contribution < 1.29 is 9.90 Å². The van der Waals surface area contributed by atoms with Gasteiger partial charge in [0.15, 0.2) is 0 Å². The summed E-state index contributed by atoms with van der Waals surface area (Å²) in [4.78, 5) is 14.1. The average Bonchev–Trinajstić information content (AvgIpc) is 2.75. The van der Waals surface area contributed by atoms with E-state index >= 15 is 0 Å². The highest BCUT2D eigenvalue weighted by molar-refractivity contribution is 5.75. The van der Waals surface area contributed by atoms with E-state index in [0.717, 1.165) is 51.2 Å². The van der Waals surface area contributed by atoms with Crippen LogP contribution in [0.5, 0.6) is 0 Å². The molecule has 0 aromatic carbocycles. The Balaban J connectivity index is 1.89. The molecule has 1 atom stereocenters. The summed E-state index contributed by atoms with van der Waals surface area (Å²) in [5, 5.41) is 9.57. The molecule has 0 radical (unpaired) electrons. The second-order valence-corrected chi connectivity index (χ2v) is 6.65. The first-order chi connectivity index (χ1) is 9.16. The van der Waals surface area contributed by atoms with Crippen molar-refractivity contribution in [1.82, 2.24) is 4.90 Å². The molecule has 3 heteroatoms. The fraction of sp³-hybridized carbons (Fsp3) is 0.938. The third kappa shape index (κ3) is 3.71. The van der Waals surface area contributed by atoms with Gasteiger partial charge in [0.1, 0.15) is 0 Å². The van der Waals surface area contributed by atoms with Crippen molar-refractivity contribution in [2.45, 2.75) is 64.7 Å². The molecule has 110 valence electrons. The molecule has 0 amide bonds. The summed E-state index contributed by atoms with van der Waals surface area (Å²) in [6.07, 6.45) is 10.4. The summed E-state index contributed by atoms with van der Waals surface area (Å²) < 4.78 is 0. The van der Waals surface area contributed by atoms with Gasteiger partial charge < -0.3 is 10.0 Å². The molecule has 1 N–H and O–H groups in total. The SMILES string of the molecule is CCCC1CCCN(CC2(C(=O)O)CCCC2)CC1. The summed E-state index contributed by atoms with van der Waals surface area (Å²) in [5.74, 6) is 0.318. The number of hydrogen-bond donors (Lipinski definition) is 1. The first-order valence-electron chi connectivity index (χ1n) is 8.12. The maximum absolute atomic E-state index is 11.6. The van der Waals surface area contributed by atoms with Gasteiger partial charge in [0.25, 0.3) is 0 Å². The maximum atomic E-state index is 11.6. The van der Waals surface area contributed by atoms with E-state index in [9.17, 15) is 9.90 Å². The van der Waals surface area contributed by atoms with E-state index in [4.69, 9.17) is 0 Å². The van der Waals surface area contributed by atoms with Crippen LogP contribution in [0, 0.1) is 11.3 Å². The number of likely N-dealkylation sites (tertiary alicyclic amines) is 1. The van der Waals surface area contributed by atoms with E-state index in [1.807, 2.05) is 0 Å². The topological polar surface area (TPSA) is 40.5 Å². The van der Waals surface area contributed by atoms with E-state index in [-0.39, 0.29) is 0 Å². The minimum absolute atomic E-state index is 0.426. The Morgan fingerprint density at radius 3 is 2.58 bits per heavy atom. The van der Waals surface area contributed by atoms with Crippen molar-refractivity contribution in [2.75, 3.05) is 19.6 Å². The Morgan fingerprint density at radius 1 is 1.21 bits per heavy atom. The summed E-state index contributed by atoms with van der Waals surface area (Å²) >= 11 is 0. The van der Waals surface area contributed by atoms with Gasteiger partial charge in [0.2, 0.25) is 0 Å². The predicted molar refractivity (Wildman–Crippen MR) is 77.2 cm³/mol. The molecule has 2 fully saturated rings. The molecule has 1 heterocycles. The van der Waals surface area contributed by atoms with Crippen molar-refractivity contribution in [2.24, 2.45) is 11.3 Å². The lowest BCUT2D eigenvalue weighted by Gasteiger charge is -2.31. The molecule has 1 saturated carbocycles. The largest absolute Gasteiger partial charge is 0.481 e. The highest BCUT2D eigenvalue weighted by atomic mass is 16.4. The zero-order valence-electron chi connectivity index (χ0n) is 12.4. The van der Waals surface area contributed by atoms with E-state index in [0.29, 0.717) is 0 Å². The number of nitrogens with zero attached hydrogens (tertiary/aromatic N) is 1. The second-order valence-electron chi connectivity index (χ2n) is 6.65. The quantitative estimate of drug-likeness (QED) is 0.828. The lowest BCUT2D eigenvalue weighted by Crippen LogP contribution is -2.42. The zero-order chi connectivity index (χ0) is 13.7. The molecule has 0 spiro atoms. The molecular weight excluding hydrogens is 238 g/mol. The van der Waals surface area contributed by atoms with Gasteiger partial charge in [0.05, 0.1) is 5.41 Å². The number of carboxylic acid groups (broad SMARTS) is 1. The van der Waals surface area contributed by atoms with Crippen molar-refractivity contribution in [3.63, 3.8) is 0 Å². The second kappa shape index (κ2) is 6.74. The average molecular weight is 267 g/mol. The van der Waals surface area contributed by atoms with Gasteiger partial charge in [-0.05, 0) is 51.1 Å². The minimum Gasteiger partial charge on any atom is -0.481 e. The molecule has 1 saturated heterocycles. The van der Waals surface area contributed by atoms with Crippen molar-refractivity contribution in [3.05, 3.63) is 0 Å². The van der Waals surface area contributed by atoms with Crippen LogP contribution in [0.2, 0.25) is 0 Å². The minimum atomic E-state index is -0.556. The van der Waals surface area contributed by atoms with E-state index in [2.05, 4.69) is 11.8 Å². The van der Waals surface area contributed by atoms with Gasteiger partial charge >= 0.3 is 5.97 Å². The zero-order valence-corrected chi connectivity index (χ0v) is 12.4. The van der Waals surface area contributed by atoms with Crippen LogP contribution in [-0.2, 0) is 4.79 Å². The molecule has 0 aromatic heterocycles. The molecule has 0 bridgehead atoms. The van der Waals surface area contributed by atoms with Crippen LogP contribution < -0.4 is 0 Å². The molecule has 0 aromatic rings. The number of hydrogen-bond acceptors (Lipinski definition) is 2. The van der Waals surface area contributed by atoms with Crippen molar-refractivity contribution >= 4 is 5.97 Å². The number of carboxylic acids is 1. The van der Waals surface area contributed by atoms with Crippen LogP contribution >= 0.6 is 0 Å². The van der Waals surface area contributed by atoms with Crippen LogP contribution in [0.15, 0.2) is 0 Å². The lowest BCUT2D eigenvalue weighted by atomic mass is 9.85.